The normalized spacial score (nSPS) is 17.5. The van der Waals surface area contributed by atoms with Crippen molar-refractivity contribution in [1.82, 2.24) is 14.5 Å². The SMILES string of the molecule is CC(=O)N1CCN(S(=O)(=O)c2cccs2)C1C(=O)NC(CC(=O)O)c1cccc([N+](=O)[O-])c1. The van der Waals surface area contributed by atoms with Crippen molar-refractivity contribution in [2.75, 3.05) is 13.1 Å². The first kappa shape index (κ1) is 24.3. The first-order valence-electron chi connectivity index (χ1n) is 9.61. The van der Waals surface area contributed by atoms with E-state index in [1.54, 1.807) is 5.38 Å². The number of rotatable bonds is 8. The van der Waals surface area contributed by atoms with Crippen molar-refractivity contribution in [3.05, 3.63) is 57.5 Å². The van der Waals surface area contributed by atoms with Crippen molar-refractivity contribution in [2.24, 2.45) is 0 Å². The number of carboxylic acids is 1. The molecule has 2 heterocycles. The van der Waals surface area contributed by atoms with Gasteiger partial charge in [0.25, 0.3) is 21.6 Å². The van der Waals surface area contributed by atoms with Crippen LogP contribution in [0.25, 0.3) is 0 Å². The van der Waals surface area contributed by atoms with Gasteiger partial charge >= 0.3 is 5.97 Å². The molecule has 3 rings (SSSR count). The molecule has 1 fully saturated rings. The van der Waals surface area contributed by atoms with Crippen molar-refractivity contribution in [3.8, 4) is 0 Å². The second-order valence-electron chi connectivity index (χ2n) is 7.15. The summed E-state index contributed by atoms with van der Waals surface area (Å²) in [5, 5.41) is 24.4. The molecule has 1 saturated heterocycles. The molecule has 0 saturated carbocycles. The smallest absolute Gasteiger partial charge is 0.305 e. The van der Waals surface area contributed by atoms with Gasteiger partial charge in [-0.3, -0.25) is 24.5 Å². The molecular formula is C19H20N4O8S2. The molecule has 33 heavy (non-hydrogen) atoms. The summed E-state index contributed by atoms with van der Waals surface area (Å²) in [5.41, 5.74) is -0.148. The number of hydrogen-bond donors (Lipinski definition) is 2. The number of carboxylic acid groups (broad SMARTS) is 1. The van der Waals surface area contributed by atoms with Crippen LogP contribution in [-0.2, 0) is 24.4 Å². The molecule has 2 atom stereocenters. The molecule has 14 heteroatoms. The molecule has 12 nitrogen and oxygen atoms in total. The number of nitro benzene ring substituents is 1. The number of nitrogens with zero attached hydrogens (tertiary/aromatic N) is 3. The molecule has 1 aromatic carbocycles. The molecule has 0 radical (unpaired) electrons. The highest BCUT2D eigenvalue weighted by molar-refractivity contribution is 7.91. The van der Waals surface area contributed by atoms with Gasteiger partial charge in [0.1, 0.15) is 4.21 Å². The summed E-state index contributed by atoms with van der Waals surface area (Å²) in [6.45, 7) is 1.04. The molecule has 1 aliphatic rings. The largest absolute Gasteiger partial charge is 0.481 e. The zero-order valence-electron chi connectivity index (χ0n) is 17.3. The van der Waals surface area contributed by atoms with E-state index in [0.717, 1.165) is 26.6 Å². The van der Waals surface area contributed by atoms with Crippen molar-refractivity contribution >= 4 is 44.8 Å². The average molecular weight is 497 g/mol. The van der Waals surface area contributed by atoms with Crippen LogP contribution in [-0.4, -0.2) is 64.7 Å². The van der Waals surface area contributed by atoms with Gasteiger partial charge in [0.05, 0.1) is 17.4 Å². The quantitative estimate of drug-likeness (QED) is 0.405. The summed E-state index contributed by atoms with van der Waals surface area (Å²) in [7, 11) is -4.11. The molecule has 1 aliphatic heterocycles. The third-order valence-corrected chi connectivity index (χ3v) is 8.23. The Kier molecular flexibility index (Phi) is 7.09. The fraction of sp³-hybridized carbons (Fsp3) is 0.316. The number of amides is 2. The summed E-state index contributed by atoms with van der Waals surface area (Å²) >= 11 is 0.957. The van der Waals surface area contributed by atoms with Crippen LogP contribution < -0.4 is 5.32 Å². The highest BCUT2D eigenvalue weighted by Crippen LogP contribution is 2.29. The molecule has 0 spiro atoms. The molecule has 2 aromatic rings. The molecule has 176 valence electrons. The molecule has 2 unspecified atom stereocenters. The third kappa shape index (κ3) is 5.18. The van der Waals surface area contributed by atoms with Gasteiger partial charge < -0.3 is 15.3 Å². The van der Waals surface area contributed by atoms with Crippen LogP contribution in [0.1, 0.15) is 24.9 Å². The third-order valence-electron chi connectivity index (χ3n) is 5.00. The molecule has 1 aromatic heterocycles. The van der Waals surface area contributed by atoms with Crippen LogP contribution in [0.15, 0.2) is 46.0 Å². The molecule has 2 N–H and O–H groups in total. The van der Waals surface area contributed by atoms with Crippen molar-refractivity contribution < 1.29 is 32.8 Å². The van der Waals surface area contributed by atoms with Crippen LogP contribution >= 0.6 is 11.3 Å². The molecule has 2 amide bonds. The number of aliphatic carboxylic acids is 1. The lowest BCUT2D eigenvalue weighted by atomic mass is 10.0. The van der Waals surface area contributed by atoms with Crippen LogP contribution in [0.2, 0.25) is 0 Å². The van der Waals surface area contributed by atoms with E-state index in [-0.39, 0.29) is 28.5 Å². The van der Waals surface area contributed by atoms with Crippen LogP contribution in [0.4, 0.5) is 5.69 Å². The van der Waals surface area contributed by atoms with E-state index >= 15 is 0 Å². The zero-order chi connectivity index (χ0) is 24.3. The highest BCUT2D eigenvalue weighted by atomic mass is 32.2. The number of thiophene rings is 1. The van der Waals surface area contributed by atoms with E-state index in [0.29, 0.717) is 0 Å². The van der Waals surface area contributed by atoms with E-state index < -0.39 is 51.4 Å². The fourth-order valence-electron chi connectivity index (χ4n) is 3.51. The minimum absolute atomic E-state index is 0.00790. The Labute approximate surface area is 192 Å². The molecule has 0 bridgehead atoms. The Morgan fingerprint density at radius 1 is 1.27 bits per heavy atom. The van der Waals surface area contributed by atoms with Crippen molar-refractivity contribution in [2.45, 2.75) is 29.8 Å². The maximum Gasteiger partial charge on any atom is 0.305 e. The highest BCUT2D eigenvalue weighted by Gasteiger charge is 2.46. The zero-order valence-corrected chi connectivity index (χ0v) is 18.9. The number of benzene rings is 1. The van der Waals surface area contributed by atoms with E-state index in [2.05, 4.69) is 5.32 Å². The minimum atomic E-state index is -4.11. The van der Waals surface area contributed by atoms with E-state index in [4.69, 9.17) is 0 Å². The Morgan fingerprint density at radius 2 is 2.00 bits per heavy atom. The second-order valence-corrected chi connectivity index (χ2v) is 10.2. The fourth-order valence-corrected chi connectivity index (χ4v) is 6.18. The number of carbonyl (C=O) groups excluding carboxylic acids is 2. The molecular weight excluding hydrogens is 476 g/mol. The lowest BCUT2D eigenvalue weighted by molar-refractivity contribution is -0.384. The van der Waals surface area contributed by atoms with Crippen molar-refractivity contribution in [3.63, 3.8) is 0 Å². The van der Waals surface area contributed by atoms with Crippen LogP contribution in [0.3, 0.4) is 0 Å². The standard InChI is InChI=1S/C19H20N4O8S2/c1-12(24)21-7-8-22(33(30,31)17-6-3-9-32-17)19(21)18(27)20-15(11-16(25)26)13-4-2-5-14(10-13)23(28)29/h2-6,9-10,15,19H,7-8,11H2,1H3,(H,20,27)(H,25,26). The van der Waals surface area contributed by atoms with Crippen LogP contribution in [0, 0.1) is 10.1 Å². The maximum absolute atomic E-state index is 13.2. The number of nitrogens with one attached hydrogen (secondary N) is 1. The van der Waals surface area contributed by atoms with E-state index in [1.807, 2.05) is 0 Å². The Bertz CT molecular complexity index is 1180. The van der Waals surface area contributed by atoms with Gasteiger partial charge in [0.2, 0.25) is 5.91 Å². The Balaban J connectivity index is 1.95. The average Bonchev–Trinajstić information content (AvgIpc) is 3.43. The number of nitro groups is 1. The lowest BCUT2D eigenvalue weighted by Gasteiger charge is -2.29. The second kappa shape index (κ2) is 9.64. The predicted octanol–water partition coefficient (Wildman–Crippen LogP) is 1.17. The first-order valence-corrected chi connectivity index (χ1v) is 11.9. The maximum atomic E-state index is 13.2. The van der Waals surface area contributed by atoms with Gasteiger partial charge in [-0.25, -0.2) is 8.42 Å². The van der Waals surface area contributed by atoms with E-state index in [1.165, 1.54) is 37.3 Å². The topological polar surface area (TPSA) is 167 Å². The van der Waals surface area contributed by atoms with E-state index in [9.17, 15) is 38.0 Å². The van der Waals surface area contributed by atoms with Gasteiger partial charge in [0.15, 0.2) is 6.17 Å². The summed E-state index contributed by atoms with van der Waals surface area (Å²) in [4.78, 5) is 48.3. The lowest BCUT2D eigenvalue weighted by Crippen LogP contribution is -2.53. The summed E-state index contributed by atoms with van der Waals surface area (Å²) in [6, 6.07) is 6.82. The minimum Gasteiger partial charge on any atom is -0.481 e. The van der Waals surface area contributed by atoms with Crippen molar-refractivity contribution in [1.29, 1.82) is 0 Å². The number of hydrogen-bond acceptors (Lipinski definition) is 8. The van der Waals surface area contributed by atoms with Gasteiger partial charge in [0, 0.05) is 32.1 Å². The molecule has 0 aliphatic carbocycles. The number of sulfonamides is 1. The van der Waals surface area contributed by atoms with Gasteiger partial charge in [-0.05, 0) is 17.0 Å². The van der Waals surface area contributed by atoms with Crippen LogP contribution in [0.5, 0.6) is 0 Å². The number of carbonyl (C=O) groups is 3. The Morgan fingerprint density at radius 3 is 2.58 bits per heavy atom. The first-order chi connectivity index (χ1) is 15.5. The summed E-state index contributed by atoms with van der Waals surface area (Å²) < 4.78 is 27.0. The van der Waals surface area contributed by atoms with Gasteiger partial charge in [-0.1, -0.05) is 18.2 Å². The monoisotopic (exact) mass is 496 g/mol. The van der Waals surface area contributed by atoms with Gasteiger partial charge in [-0.15, -0.1) is 11.3 Å². The summed E-state index contributed by atoms with van der Waals surface area (Å²) in [5.74, 6) is -2.74. The summed E-state index contributed by atoms with van der Waals surface area (Å²) in [6.07, 6.45) is -2.15. The number of non-ortho nitro benzene ring substituents is 1. The van der Waals surface area contributed by atoms with Gasteiger partial charge in [-0.2, -0.15) is 4.31 Å². The predicted molar refractivity (Wildman–Crippen MR) is 116 cm³/mol. The Hall–Kier alpha value is -3.36.